The molecule has 0 rings (SSSR count). The average molecular weight is 272 g/mol. The first-order valence-electron chi connectivity index (χ1n) is 7.39. The van der Waals surface area contributed by atoms with E-state index in [0.717, 1.165) is 32.5 Å². The van der Waals surface area contributed by atoms with Gasteiger partial charge in [-0.1, -0.05) is 27.7 Å². The Bertz CT molecular complexity index is 251. The third-order valence-electron chi connectivity index (χ3n) is 3.48. The lowest BCUT2D eigenvalue weighted by Gasteiger charge is -2.27. The predicted molar refractivity (Wildman–Crippen MR) is 80.2 cm³/mol. The molecule has 0 aliphatic heterocycles. The summed E-state index contributed by atoms with van der Waals surface area (Å²) in [6.45, 7) is 13.3. The van der Waals surface area contributed by atoms with Gasteiger partial charge in [0.2, 0.25) is 0 Å². The first-order chi connectivity index (χ1) is 8.65. The summed E-state index contributed by atoms with van der Waals surface area (Å²) >= 11 is 0. The van der Waals surface area contributed by atoms with Crippen LogP contribution in [0.3, 0.4) is 0 Å². The molecule has 0 aromatic heterocycles. The number of hydrogen-bond donors (Lipinski definition) is 2. The van der Waals surface area contributed by atoms with Crippen LogP contribution in [-0.2, 0) is 4.79 Å². The van der Waals surface area contributed by atoms with Crippen molar-refractivity contribution >= 4 is 5.97 Å². The van der Waals surface area contributed by atoms with E-state index in [9.17, 15) is 4.79 Å². The van der Waals surface area contributed by atoms with Gasteiger partial charge in [-0.05, 0) is 51.1 Å². The first kappa shape index (κ1) is 18.4. The number of hydrogen-bond acceptors (Lipinski definition) is 3. The maximum Gasteiger partial charge on any atom is 0.323 e. The highest BCUT2D eigenvalue weighted by molar-refractivity contribution is 5.77. The number of nitrogens with zero attached hydrogens (tertiary/aromatic N) is 1. The molecular formula is C15H32N2O2. The maximum absolute atomic E-state index is 11.0. The Hall–Kier alpha value is -0.610. The van der Waals surface area contributed by atoms with Crippen molar-refractivity contribution < 1.29 is 9.90 Å². The number of aliphatic carboxylic acids is 1. The molecule has 0 aromatic carbocycles. The van der Waals surface area contributed by atoms with E-state index in [1.807, 2.05) is 0 Å². The normalized spacial score (nSPS) is 15.2. The van der Waals surface area contributed by atoms with Gasteiger partial charge >= 0.3 is 5.97 Å². The Morgan fingerprint density at radius 2 is 1.53 bits per heavy atom. The molecule has 0 saturated carbocycles. The van der Waals surface area contributed by atoms with Crippen LogP contribution < -0.4 is 5.73 Å². The molecule has 0 aliphatic carbocycles. The van der Waals surface area contributed by atoms with Crippen molar-refractivity contribution in [3.8, 4) is 0 Å². The van der Waals surface area contributed by atoms with Gasteiger partial charge in [0.25, 0.3) is 0 Å². The Labute approximate surface area is 118 Å². The molecule has 0 fully saturated rings. The summed E-state index contributed by atoms with van der Waals surface area (Å²) in [5.74, 6) is 0.427. The Balaban J connectivity index is 4.28. The fourth-order valence-electron chi connectivity index (χ4n) is 1.71. The van der Waals surface area contributed by atoms with Gasteiger partial charge in [0, 0.05) is 6.54 Å². The molecule has 0 spiro atoms. The van der Waals surface area contributed by atoms with E-state index in [-0.39, 0.29) is 0 Å². The Morgan fingerprint density at radius 1 is 1.11 bits per heavy atom. The fraction of sp³-hybridized carbons (Fsp3) is 0.933. The minimum Gasteiger partial charge on any atom is -0.480 e. The van der Waals surface area contributed by atoms with E-state index in [1.165, 1.54) is 0 Å². The molecule has 0 aromatic rings. The van der Waals surface area contributed by atoms with Crippen molar-refractivity contribution in [3.05, 3.63) is 0 Å². The number of nitrogens with two attached hydrogens (primary N) is 1. The van der Waals surface area contributed by atoms with E-state index in [1.54, 1.807) is 6.92 Å². The third kappa shape index (κ3) is 9.00. The van der Waals surface area contributed by atoms with Crippen LogP contribution in [0.2, 0.25) is 0 Å². The average Bonchev–Trinajstić information content (AvgIpc) is 2.27. The van der Waals surface area contributed by atoms with E-state index < -0.39 is 11.5 Å². The molecule has 4 nitrogen and oxygen atoms in total. The lowest BCUT2D eigenvalue weighted by Crippen LogP contribution is -2.47. The highest BCUT2D eigenvalue weighted by atomic mass is 16.4. The molecule has 3 N–H and O–H groups in total. The molecule has 0 amide bonds. The van der Waals surface area contributed by atoms with Gasteiger partial charge in [0.05, 0.1) is 0 Å². The van der Waals surface area contributed by atoms with Crippen molar-refractivity contribution in [1.29, 1.82) is 0 Å². The minimum atomic E-state index is -1.12. The van der Waals surface area contributed by atoms with Crippen LogP contribution in [-0.4, -0.2) is 41.1 Å². The number of rotatable bonds is 10. The van der Waals surface area contributed by atoms with Crippen molar-refractivity contribution in [2.45, 2.75) is 59.4 Å². The zero-order valence-electron chi connectivity index (χ0n) is 13.3. The van der Waals surface area contributed by atoms with Crippen molar-refractivity contribution in [2.75, 3.05) is 19.6 Å². The quantitative estimate of drug-likeness (QED) is 0.641. The van der Waals surface area contributed by atoms with Crippen molar-refractivity contribution in [3.63, 3.8) is 0 Å². The predicted octanol–water partition coefficient (Wildman–Crippen LogP) is 2.57. The van der Waals surface area contributed by atoms with E-state index in [2.05, 4.69) is 32.6 Å². The van der Waals surface area contributed by atoms with Gasteiger partial charge in [0.15, 0.2) is 0 Å². The summed E-state index contributed by atoms with van der Waals surface area (Å²) in [5, 5.41) is 9.05. The summed E-state index contributed by atoms with van der Waals surface area (Å²) < 4.78 is 0. The molecule has 0 aliphatic rings. The zero-order chi connectivity index (χ0) is 15.1. The summed E-state index contributed by atoms with van der Waals surface area (Å²) in [5.41, 5.74) is 4.68. The molecule has 114 valence electrons. The highest BCUT2D eigenvalue weighted by Gasteiger charge is 2.28. The first-order valence-corrected chi connectivity index (χ1v) is 7.39. The minimum absolute atomic E-state index is 0.499. The van der Waals surface area contributed by atoms with Crippen molar-refractivity contribution in [2.24, 2.45) is 17.6 Å². The van der Waals surface area contributed by atoms with Gasteiger partial charge in [-0.25, -0.2) is 0 Å². The fourth-order valence-corrected chi connectivity index (χ4v) is 1.71. The van der Waals surface area contributed by atoms with Crippen LogP contribution in [0, 0.1) is 11.8 Å². The van der Waals surface area contributed by atoms with Crippen LogP contribution in [0.15, 0.2) is 0 Å². The molecule has 0 heterocycles. The topological polar surface area (TPSA) is 66.6 Å². The van der Waals surface area contributed by atoms with E-state index in [0.29, 0.717) is 18.3 Å². The molecule has 1 unspecified atom stereocenters. The molecule has 0 saturated heterocycles. The van der Waals surface area contributed by atoms with E-state index in [4.69, 9.17) is 10.8 Å². The van der Waals surface area contributed by atoms with Gasteiger partial charge in [0.1, 0.15) is 5.54 Å². The standard InChI is InChI=1S/C15H32N2O2/c1-12(2)6-9-17(10-7-13(3)4)11-8-15(5,16)14(18)19/h12-13H,6-11,16H2,1-5H3,(H,18,19). The Kier molecular flexibility index (Phi) is 8.26. The summed E-state index contributed by atoms with van der Waals surface area (Å²) in [4.78, 5) is 13.4. The molecule has 0 bridgehead atoms. The third-order valence-corrected chi connectivity index (χ3v) is 3.48. The number of carboxylic acid groups (broad SMARTS) is 1. The van der Waals surface area contributed by atoms with Gasteiger partial charge in [-0.3, -0.25) is 4.79 Å². The van der Waals surface area contributed by atoms with Gasteiger partial charge < -0.3 is 15.7 Å². The largest absolute Gasteiger partial charge is 0.480 e. The summed E-state index contributed by atoms with van der Waals surface area (Å²) in [7, 11) is 0. The smallest absolute Gasteiger partial charge is 0.323 e. The lowest BCUT2D eigenvalue weighted by molar-refractivity contribution is -0.143. The SMILES string of the molecule is CC(C)CCN(CCC(C)C)CCC(C)(N)C(=O)O. The molecular weight excluding hydrogens is 240 g/mol. The van der Waals surface area contributed by atoms with Crippen LogP contribution in [0.1, 0.15) is 53.9 Å². The van der Waals surface area contributed by atoms with Crippen LogP contribution in [0.25, 0.3) is 0 Å². The summed E-state index contributed by atoms with van der Waals surface area (Å²) in [6.07, 6.45) is 2.79. The Morgan fingerprint density at radius 3 is 1.84 bits per heavy atom. The van der Waals surface area contributed by atoms with E-state index >= 15 is 0 Å². The molecule has 0 radical (unpaired) electrons. The second kappa shape index (κ2) is 8.54. The van der Waals surface area contributed by atoms with Gasteiger partial charge in [-0.15, -0.1) is 0 Å². The van der Waals surface area contributed by atoms with Crippen LogP contribution in [0.5, 0.6) is 0 Å². The highest BCUT2D eigenvalue weighted by Crippen LogP contribution is 2.11. The monoisotopic (exact) mass is 272 g/mol. The summed E-state index contributed by atoms with van der Waals surface area (Å²) in [6, 6.07) is 0. The molecule has 4 heteroatoms. The van der Waals surface area contributed by atoms with Crippen LogP contribution >= 0.6 is 0 Å². The van der Waals surface area contributed by atoms with Crippen molar-refractivity contribution in [1.82, 2.24) is 4.90 Å². The lowest BCUT2D eigenvalue weighted by atomic mass is 9.99. The zero-order valence-corrected chi connectivity index (χ0v) is 13.3. The number of carboxylic acids is 1. The molecule has 1 atom stereocenters. The number of carbonyl (C=O) groups is 1. The molecule has 19 heavy (non-hydrogen) atoms. The van der Waals surface area contributed by atoms with Gasteiger partial charge in [-0.2, -0.15) is 0 Å². The maximum atomic E-state index is 11.0. The second-order valence-electron chi connectivity index (χ2n) is 6.68. The second-order valence-corrected chi connectivity index (χ2v) is 6.68. The van der Waals surface area contributed by atoms with Crippen LogP contribution in [0.4, 0.5) is 0 Å².